The van der Waals surface area contributed by atoms with E-state index in [1.807, 2.05) is 62.6 Å². The van der Waals surface area contributed by atoms with Crippen LogP contribution in [0.1, 0.15) is 0 Å². The minimum Gasteiger partial charge on any atom is -0.492 e. The van der Waals surface area contributed by atoms with Crippen LogP contribution in [0.3, 0.4) is 0 Å². The Balaban J connectivity index is 1.54. The van der Waals surface area contributed by atoms with E-state index in [4.69, 9.17) is 4.74 Å². The average Bonchev–Trinajstić information content (AvgIpc) is 2.67. The molecule has 0 aliphatic heterocycles. The molecule has 0 atom stereocenters. The van der Waals surface area contributed by atoms with Crippen LogP contribution in [0.4, 0.5) is 23.0 Å². The van der Waals surface area contributed by atoms with Crippen molar-refractivity contribution in [2.45, 2.75) is 0 Å². The van der Waals surface area contributed by atoms with Crippen LogP contribution in [0.2, 0.25) is 0 Å². The van der Waals surface area contributed by atoms with Crippen LogP contribution in [-0.2, 0) is 0 Å². The fraction of sp³-hybridized carbons (Fsp3) is 0.200. The molecule has 0 radical (unpaired) electrons. The van der Waals surface area contributed by atoms with E-state index in [-0.39, 0.29) is 0 Å². The van der Waals surface area contributed by atoms with E-state index in [0.29, 0.717) is 13.2 Å². The van der Waals surface area contributed by atoms with Crippen LogP contribution in [0.5, 0.6) is 5.75 Å². The number of hydrogen-bond donors (Lipinski definition) is 2. The summed E-state index contributed by atoms with van der Waals surface area (Å²) in [6, 6.07) is 19.8. The molecule has 0 unspecified atom stereocenters. The van der Waals surface area contributed by atoms with E-state index in [1.165, 1.54) is 0 Å². The molecule has 2 aromatic carbocycles. The van der Waals surface area contributed by atoms with Crippen molar-refractivity contribution in [1.29, 1.82) is 0 Å². The van der Waals surface area contributed by atoms with Gasteiger partial charge in [0.1, 0.15) is 30.3 Å². The highest BCUT2D eigenvalue weighted by Crippen LogP contribution is 2.21. The summed E-state index contributed by atoms with van der Waals surface area (Å²) in [6.45, 7) is 1.21. The first-order chi connectivity index (χ1) is 12.7. The van der Waals surface area contributed by atoms with Crippen molar-refractivity contribution in [3.8, 4) is 5.75 Å². The second-order valence-corrected chi connectivity index (χ2v) is 5.95. The second kappa shape index (κ2) is 8.71. The van der Waals surface area contributed by atoms with Gasteiger partial charge >= 0.3 is 0 Å². The van der Waals surface area contributed by atoms with Crippen LogP contribution in [0, 0.1) is 0 Å². The Labute approximate surface area is 153 Å². The first-order valence-corrected chi connectivity index (χ1v) is 8.49. The number of para-hydroxylation sites is 1. The molecule has 3 aromatic rings. The molecule has 26 heavy (non-hydrogen) atoms. The van der Waals surface area contributed by atoms with Crippen LogP contribution < -0.4 is 20.3 Å². The zero-order valence-corrected chi connectivity index (χ0v) is 15.0. The molecule has 0 saturated carbocycles. The first-order valence-electron chi connectivity index (χ1n) is 8.49. The van der Waals surface area contributed by atoms with Crippen LogP contribution in [0.25, 0.3) is 0 Å². The third kappa shape index (κ3) is 5.11. The summed E-state index contributed by atoms with van der Waals surface area (Å²) in [4.78, 5) is 10.6. The molecule has 6 nitrogen and oxygen atoms in total. The molecule has 0 saturated heterocycles. The maximum Gasteiger partial charge on any atom is 0.135 e. The topological polar surface area (TPSA) is 62.3 Å². The Morgan fingerprint density at radius 2 is 1.73 bits per heavy atom. The largest absolute Gasteiger partial charge is 0.492 e. The maximum atomic E-state index is 5.66. The molecule has 0 bridgehead atoms. The summed E-state index contributed by atoms with van der Waals surface area (Å²) < 4.78 is 5.66. The molecule has 0 fully saturated rings. The monoisotopic (exact) mass is 349 g/mol. The van der Waals surface area contributed by atoms with E-state index in [9.17, 15) is 0 Å². The predicted molar refractivity (Wildman–Crippen MR) is 107 cm³/mol. The van der Waals surface area contributed by atoms with Gasteiger partial charge in [-0.25, -0.2) is 9.97 Å². The summed E-state index contributed by atoms with van der Waals surface area (Å²) in [5.74, 6) is 2.35. The molecule has 2 N–H and O–H groups in total. The van der Waals surface area contributed by atoms with Crippen molar-refractivity contribution in [2.24, 2.45) is 0 Å². The van der Waals surface area contributed by atoms with Crippen molar-refractivity contribution in [1.82, 2.24) is 9.97 Å². The van der Waals surface area contributed by atoms with E-state index in [2.05, 4.69) is 37.6 Å². The SMILES string of the molecule is CN(C)c1cccc(Nc2cc(NCCOc3ccccc3)ncn2)c1. The van der Waals surface area contributed by atoms with E-state index in [1.54, 1.807) is 6.33 Å². The van der Waals surface area contributed by atoms with Crippen LogP contribution >= 0.6 is 0 Å². The zero-order valence-electron chi connectivity index (χ0n) is 15.0. The third-order valence-corrected chi connectivity index (χ3v) is 3.72. The van der Waals surface area contributed by atoms with Crippen molar-refractivity contribution in [3.05, 3.63) is 67.0 Å². The lowest BCUT2D eigenvalue weighted by Gasteiger charge is -2.14. The number of anilines is 4. The summed E-state index contributed by atoms with van der Waals surface area (Å²) in [5.41, 5.74) is 2.11. The maximum absolute atomic E-state index is 5.66. The molecule has 1 aromatic heterocycles. The average molecular weight is 349 g/mol. The second-order valence-electron chi connectivity index (χ2n) is 5.95. The summed E-state index contributed by atoms with van der Waals surface area (Å²) in [7, 11) is 4.03. The van der Waals surface area contributed by atoms with Gasteiger partial charge in [-0.05, 0) is 30.3 Å². The van der Waals surface area contributed by atoms with Crippen molar-refractivity contribution in [3.63, 3.8) is 0 Å². The highest BCUT2D eigenvalue weighted by Gasteiger charge is 2.02. The number of aromatic nitrogens is 2. The molecular formula is C20H23N5O. The van der Waals surface area contributed by atoms with E-state index in [0.717, 1.165) is 28.8 Å². The van der Waals surface area contributed by atoms with Crippen molar-refractivity contribution < 1.29 is 4.74 Å². The Morgan fingerprint density at radius 3 is 2.54 bits per heavy atom. The number of rotatable bonds is 8. The molecule has 0 aliphatic rings. The number of nitrogens with one attached hydrogen (secondary N) is 2. The van der Waals surface area contributed by atoms with Gasteiger partial charge < -0.3 is 20.3 Å². The lowest BCUT2D eigenvalue weighted by Crippen LogP contribution is -2.12. The van der Waals surface area contributed by atoms with Crippen LogP contribution in [-0.4, -0.2) is 37.2 Å². The normalized spacial score (nSPS) is 10.2. The van der Waals surface area contributed by atoms with Gasteiger partial charge in [0.25, 0.3) is 0 Å². The quantitative estimate of drug-likeness (QED) is 0.604. The minimum absolute atomic E-state index is 0.557. The van der Waals surface area contributed by atoms with Gasteiger partial charge in [-0.3, -0.25) is 0 Å². The van der Waals surface area contributed by atoms with Gasteiger partial charge in [0.05, 0.1) is 6.54 Å². The lowest BCUT2D eigenvalue weighted by atomic mass is 10.2. The fourth-order valence-corrected chi connectivity index (χ4v) is 2.40. The Morgan fingerprint density at radius 1 is 0.923 bits per heavy atom. The van der Waals surface area contributed by atoms with E-state index < -0.39 is 0 Å². The fourth-order valence-electron chi connectivity index (χ4n) is 2.40. The standard InChI is InChI=1S/C20H23N5O/c1-25(2)17-8-6-7-16(13-17)24-20-14-19(22-15-23-20)21-11-12-26-18-9-4-3-5-10-18/h3-10,13-15H,11-12H2,1-2H3,(H2,21,22,23,24). The highest BCUT2D eigenvalue weighted by molar-refractivity contribution is 5.64. The molecular weight excluding hydrogens is 326 g/mol. The Hall–Kier alpha value is -3.28. The number of hydrogen-bond acceptors (Lipinski definition) is 6. The molecule has 1 heterocycles. The van der Waals surface area contributed by atoms with Gasteiger partial charge in [0.2, 0.25) is 0 Å². The lowest BCUT2D eigenvalue weighted by molar-refractivity contribution is 0.333. The summed E-state index contributed by atoms with van der Waals surface area (Å²) >= 11 is 0. The van der Waals surface area contributed by atoms with Gasteiger partial charge in [0.15, 0.2) is 0 Å². The third-order valence-electron chi connectivity index (χ3n) is 3.72. The zero-order chi connectivity index (χ0) is 18.2. The number of ether oxygens (including phenoxy) is 1. The van der Waals surface area contributed by atoms with Gasteiger partial charge in [-0.1, -0.05) is 24.3 Å². The molecule has 0 spiro atoms. The van der Waals surface area contributed by atoms with Gasteiger partial charge in [-0.15, -0.1) is 0 Å². The molecule has 6 heteroatoms. The smallest absolute Gasteiger partial charge is 0.135 e. The Kier molecular flexibility index (Phi) is 5.88. The summed E-state index contributed by atoms with van der Waals surface area (Å²) in [5, 5.41) is 6.55. The Bertz CT molecular complexity index is 823. The van der Waals surface area contributed by atoms with E-state index >= 15 is 0 Å². The molecule has 0 amide bonds. The summed E-state index contributed by atoms with van der Waals surface area (Å²) in [6.07, 6.45) is 1.54. The minimum atomic E-state index is 0.557. The predicted octanol–water partition coefficient (Wildman–Crippen LogP) is 3.78. The van der Waals surface area contributed by atoms with Gasteiger partial charge in [0, 0.05) is 31.5 Å². The molecule has 3 rings (SSSR count). The van der Waals surface area contributed by atoms with Crippen LogP contribution in [0.15, 0.2) is 67.0 Å². The number of nitrogens with zero attached hydrogens (tertiary/aromatic N) is 3. The number of benzene rings is 2. The first kappa shape index (κ1) is 17.5. The van der Waals surface area contributed by atoms with Crippen molar-refractivity contribution >= 4 is 23.0 Å². The molecule has 134 valence electrons. The highest BCUT2D eigenvalue weighted by atomic mass is 16.5. The van der Waals surface area contributed by atoms with Crippen molar-refractivity contribution in [2.75, 3.05) is 42.8 Å². The van der Waals surface area contributed by atoms with Gasteiger partial charge in [-0.2, -0.15) is 0 Å². The molecule has 0 aliphatic carbocycles.